The van der Waals surface area contributed by atoms with Gasteiger partial charge in [0.25, 0.3) is 0 Å². The monoisotopic (exact) mass is 129 g/mol. The molecule has 0 spiro atoms. The van der Waals surface area contributed by atoms with Gasteiger partial charge < -0.3 is 9.84 Å². The van der Waals surface area contributed by atoms with Gasteiger partial charge in [-0.25, -0.2) is 0 Å². The first-order valence-corrected chi connectivity index (χ1v) is 3.39. The second-order valence-corrected chi connectivity index (χ2v) is 2.46. The fourth-order valence-electron chi connectivity index (χ4n) is 1.16. The van der Waals surface area contributed by atoms with Crippen molar-refractivity contribution in [1.29, 1.82) is 0 Å². The molecule has 9 heavy (non-hydrogen) atoms. The molecule has 2 nitrogen and oxygen atoms in total. The molecule has 1 fully saturated rings. The highest BCUT2D eigenvalue weighted by molar-refractivity contribution is 4.88. The van der Waals surface area contributed by atoms with E-state index in [9.17, 15) is 0 Å². The highest BCUT2D eigenvalue weighted by Crippen LogP contribution is 2.18. The highest BCUT2D eigenvalue weighted by atomic mass is 16.5. The molecule has 0 aromatic heterocycles. The second-order valence-electron chi connectivity index (χ2n) is 2.46. The van der Waals surface area contributed by atoms with Gasteiger partial charge in [0, 0.05) is 13.5 Å². The van der Waals surface area contributed by atoms with Crippen molar-refractivity contribution in [1.82, 2.24) is 0 Å². The van der Waals surface area contributed by atoms with Crippen molar-refractivity contribution in [3.05, 3.63) is 6.42 Å². The molecule has 0 heterocycles. The fourth-order valence-corrected chi connectivity index (χ4v) is 1.16. The Morgan fingerprint density at radius 1 is 1.56 bits per heavy atom. The van der Waals surface area contributed by atoms with Crippen LogP contribution in [0.25, 0.3) is 0 Å². The summed E-state index contributed by atoms with van der Waals surface area (Å²) < 4.78 is 5.05. The van der Waals surface area contributed by atoms with E-state index in [1.807, 2.05) is 6.42 Å². The Bertz CT molecular complexity index is 83.0. The molecular weight excluding hydrogens is 116 g/mol. The van der Waals surface area contributed by atoms with Crippen LogP contribution in [0.3, 0.4) is 0 Å². The van der Waals surface area contributed by atoms with Crippen LogP contribution in [0, 0.1) is 6.42 Å². The summed E-state index contributed by atoms with van der Waals surface area (Å²) >= 11 is 0. The average Bonchev–Trinajstić information content (AvgIpc) is 1.88. The molecule has 1 radical (unpaired) electrons. The molecule has 1 rings (SSSR count). The molecule has 0 unspecified atom stereocenters. The van der Waals surface area contributed by atoms with Crippen molar-refractivity contribution < 1.29 is 9.84 Å². The van der Waals surface area contributed by atoms with E-state index in [2.05, 4.69) is 0 Å². The summed E-state index contributed by atoms with van der Waals surface area (Å²) in [7, 11) is 1.68. The second kappa shape index (κ2) is 3.18. The van der Waals surface area contributed by atoms with Gasteiger partial charge in [0.15, 0.2) is 0 Å². The first kappa shape index (κ1) is 7.03. The van der Waals surface area contributed by atoms with Crippen LogP contribution in [0.2, 0.25) is 0 Å². The minimum Gasteiger partial charge on any atom is -0.393 e. The molecule has 0 aromatic carbocycles. The number of hydrogen-bond donors (Lipinski definition) is 1. The molecule has 1 aliphatic carbocycles. The molecule has 0 aromatic rings. The minimum absolute atomic E-state index is 0.189. The van der Waals surface area contributed by atoms with Crippen molar-refractivity contribution in [3.63, 3.8) is 0 Å². The lowest BCUT2D eigenvalue weighted by Crippen LogP contribution is -2.25. The van der Waals surface area contributed by atoms with Crippen LogP contribution >= 0.6 is 0 Å². The summed E-state index contributed by atoms with van der Waals surface area (Å²) in [5.74, 6) is 0. The first-order valence-electron chi connectivity index (χ1n) is 3.39. The zero-order chi connectivity index (χ0) is 6.69. The van der Waals surface area contributed by atoms with E-state index in [1.165, 1.54) is 0 Å². The highest BCUT2D eigenvalue weighted by Gasteiger charge is 2.19. The molecule has 1 saturated carbocycles. The number of aliphatic hydroxyl groups is 1. The van der Waals surface area contributed by atoms with Crippen LogP contribution in [0.4, 0.5) is 0 Å². The third kappa shape index (κ3) is 1.95. The summed E-state index contributed by atoms with van der Waals surface area (Å²) in [6.07, 6.45) is 4.87. The van der Waals surface area contributed by atoms with Gasteiger partial charge in [-0.2, -0.15) is 0 Å². The summed E-state index contributed by atoms with van der Waals surface area (Å²) in [6.45, 7) is 0. The maximum atomic E-state index is 9.08. The van der Waals surface area contributed by atoms with Crippen LogP contribution in [0.5, 0.6) is 0 Å². The molecular formula is C7H13O2. The topological polar surface area (TPSA) is 29.5 Å². The van der Waals surface area contributed by atoms with E-state index in [4.69, 9.17) is 9.84 Å². The van der Waals surface area contributed by atoms with Crippen LogP contribution < -0.4 is 0 Å². The Balaban J connectivity index is 2.23. The van der Waals surface area contributed by atoms with E-state index < -0.39 is 0 Å². The van der Waals surface area contributed by atoms with Gasteiger partial charge in [0.05, 0.1) is 12.2 Å². The summed E-state index contributed by atoms with van der Waals surface area (Å²) in [5.41, 5.74) is 0. The molecule has 1 N–H and O–H groups in total. The lowest BCUT2D eigenvalue weighted by atomic mass is 9.95. The van der Waals surface area contributed by atoms with Crippen molar-refractivity contribution >= 4 is 0 Å². The Morgan fingerprint density at radius 2 is 2.33 bits per heavy atom. The van der Waals surface area contributed by atoms with Crippen molar-refractivity contribution in [3.8, 4) is 0 Å². The van der Waals surface area contributed by atoms with Crippen LogP contribution in [0.1, 0.15) is 19.3 Å². The minimum atomic E-state index is -0.233. The molecule has 0 bridgehead atoms. The van der Waals surface area contributed by atoms with Gasteiger partial charge in [-0.1, -0.05) is 0 Å². The first-order chi connectivity index (χ1) is 4.33. The van der Waals surface area contributed by atoms with Crippen molar-refractivity contribution in [2.45, 2.75) is 31.5 Å². The van der Waals surface area contributed by atoms with Crippen LogP contribution in [-0.4, -0.2) is 24.4 Å². The van der Waals surface area contributed by atoms with Crippen molar-refractivity contribution in [2.24, 2.45) is 0 Å². The maximum Gasteiger partial charge on any atom is 0.0628 e. The number of methoxy groups -OCH3 is 1. The molecule has 0 aliphatic heterocycles. The van der Waals surface area contributed by atoms with Crippen molar-refractivity contribution in [2.75, 3.05) is 7.11 Å². The Hall–Kier alpha value is -0.0800. The van der Waals surface area contributed by atoms with Gasteiger partial charge in [0.2, 0.25) is 0 Å². The lowest BCUT2D eigenvalue weighted by molar-refractivity contribution is 0.0594. The number of hydrogen-bond acceptors (Lipinski definition) is 2. The predicted octanol–water partition coefficient (Wildman–Crippen LogP) is 0.750. The van der Waals surface area contributed by atoms with Gasteiger partial charge in [0.1, 0.15) is 0 Å². The van der Waals surface area contributed by atoms with E-state index in [0.29, 0.717) is 0 Å². The number of aliphatic hydroxyl groups excluding tert-OH is 1. The summed E-state index contributed by atoms with van der Waals surface area (Å²) in [4.78, 5) is 0. The quantitative estimate of drug-likeness (QED) is 0.566. The molecule has 0 saturated heterocycles. The SMILES string of the molecule is CO[C@@H]1[CH][C@H](O)CCC1. The average molecular weight is 129 g/mol. The van der Waals surface area contributed by atoms with E-state index in [-0.39, 0.29) is 12.2 Å². The van der Waals surface area contributed by atoms with Crippen LogP contribution in [-0.2, 0) is 4.74 Å². The van der Waals surface area contributed by atoms with E-state index in [1.54, 1.807) is 7.11 Å². The zero-order valence-corrected chi connectivity index (χ0v) is 5.71. The lowest BCUT2D eigenvalue weighted by Gasteiger charge is -2.23. The molecule has 1 aliphatic rings. The molecule has 0 amide bonds. The Labute approximate surface area is 55.8 Å². The Morgan fingerprint density at radius 3 is 2.78 bits per heavy atom. The standard InChI is InChI=1S/C7H13O2/c1-9-7-4-2-3-6(8)5-7/h5-8H,2-4H2,1H3/t6-,7+/m1/s1. The third-order valence-electron chi connectivity index (χ3n) is 1.73. The number of ether oxygens (including phenoxy) is 1. The van der Waals surface area contributed by atoms with Gasteiger partial charge in [-0.05, 0) is 19.3 Å². The number of rotatable bonds is 1. The fraction of sp³-hybridized carbons (Fsp3) is 0.857. The maximum absolute atomic E-state index is 9.08. The zero-order valence-electron chi connectivity index (χ0n) is 5.71. The van der Waals surface area contributed by atoms with Gasteiger partial charge in [-0.15, -0.1) is 0 Å². The van der Waals surface area contributed by atoms with E-state index >= 15 is 0 Å². The third-order valence-corrected chi connectivity index (χ3v) is 1.73. The Kier molecular flexibility index (Phi) is 2.49. The van der Waals surface area contributed by atoms with E-state index in [0.717, 1.165) is 19.3 Å². The smallest absolute Gasteiger partial charge is 0.0628 e. The van der Waals surface area contributed by atoms with Gasteiger partial charge >= 0.3 is 0 Å². The summed E-state index contributed by atoms with van der Waals surface area (Å²) in [5, 5.41) is 9.08. The van der Waals surface area contributed by atoms with Gasteiger partial charge in [-0.3, -0.25) is 0 Å². The predicted molar refractivity (Wildman–Crippen MR) is 35.0 cm³/mol. The normalized spacial score (nSPS) is 36.7. The van der Waals surface area contributed by atoms with Crippen LogP contribution in [0.15, 0.2) is 0 Å². The molecule has 2 atom stereocenters. The molecule has 2 heteroatoms. The molecule has 53 valence electrons. The largest absolute Gasteiger partial charge is 0.393 e. The summed E-state index contributed by atoms with van der Waals surface area (Å²) in [6, 6.07) is 0.